The van der Waals surface area contributed by atoms with Crippen LogP contribution in [-0.2, 0) is 11.3 Å². The summed E-state index contributed by atoms with van der Waals surface area (Å²) in [6, 6.07) is 5.78. The first-order valence-electron chi connectivity index (χ1n) is 7.40. The zero-order chi connectivity index (χ0) is 15.4. The number of aromatic nitrogens is 2. The SMILES string of the molecule is CNC(=O)C(CC(C)C)NCc1c(C)nc2ccccn12. The van der Waals surface area contributed by atoms with E-state index in [1.165, 1.54) is 0 Å². The molecule has 0 saturated carbocycles. The van der Waals surface area contributed by atoms with E-state index in [0.717, 1.165) is 23.5 Å². The van der Waals surface area contributed by atoms with Gasteiger partial charge in [0, 0.05) is 19.8 Å². The first kappa shape index (κ1) is 15.5. The lowest BCUT2D eigenvalue weighted by atomic mass is 10.0. The van der Waals surface area contributed by atoms with Gasteiger partial charge in [-0.15, -0.1) is 0 Å². The number of hydrogen-bond donors (Lipinski definition) is 2. The van der Waals surface area contributed by atoms with Crippen molar-refractivity contribution < 1.29 is 4.79 Å². The van der Waals surface area contributed by atoms with Crippen LogP contribution < -0.4 is 10.6 Å². The summed E-state index contributed by atoms with van der Waals surface area (Å²) >= 11 is 0. The van der Waals surface area contributed by atoms with E-state index in [4.69, 9.17) is 0 Å². The molecular formula is C16H24N4O. The van der Waals surface area contributed by atoms with Crippen LogP contribution in [0.15, 0.2) is 24.4 Å². The average molecular weight is 288 g/mol. The Morgan fingerprint density at radius 2 is 2.14 bits per heavy atom. The van der Waals surface area contributed by atoms with Crippen LogP contribution in [0.3, 0.4) is 0 Å². The molecule has 0 aliphatic heterocycles. The van der Waals surface area contributed by atoms with Crippen LogP contribution in [0.4, 0.5) is 0 Å². The van der Waals surface area contributed by atoms with Gasteiger partial charge in [-0.2, -0.15) is 0 Å². The van der Waals surface area contributed by atoms with Gasteiger partial charge in [0.15, 0.2) is 0 Å². The Balaban J connectivity index is 2.15. The molecule has 1 atom stereocenters. The summed E-state index contributed by atoms with van der Waals surface area (Å²) in [5.74, 6) is 0.498. The van der Waals surface area contributed by atoms with Crippen LogP contribution in [0.2, 0.25) is 0 Å². The highest BCUT2D eigenvalue weighted by Crippen LogP contribution is 2.12. The number of imidazole rings is 1. The van der Waals surface area contributed by atoms with E-state index in [0.29, 0.717) is 12.5 Å². The van der Waals surface area contributed by atoms with Crippen LogP contribution in [0.5, 0.6) is 0 Å². The van der Waals surface area contributed by atoms with Crippen molar-refractivity contribution in [3.05, 3.63) is 35.8 Å². The molecule has 1 unspecified atom stereocenters. The average Bonchev–Trinajstić information content (AvgIpc) is 2.77. The van der Waals surface area contributed by atoms with E-state index in [1.54, 1.807) is 7.05 Å². The maximum absolute atomic E-state index is 12.0. The molecule has 114 valence electrons. The second-order valence-corrected chi connectivity index (χ2v) is 5.75. The van der Waals surface area contributed by atoms with Gasteiger partial charge in [-0.3, -0.25) is 4.79 Å². The summed E-state index contributed by atoms with van der Waals surface area (Å²) in [6.07, 6.45) is 2.82. The van der Waals surface area contributed by atoms with Gasteiger partial charge in [-0.1, -0.05) is 19.9 Å². The van der Waals surface area contributed by atoms with E-state index in [9.17, 15) is 4.79 Å². The zero-order valence-electron chi connectivity index (χ0n) is 13.2. The molecule has 2 rings (SSSR count). The minimum Gasteiger partial charge on any atom is -0.358 e. The number of rotatable bonds is 6. The van der Waals surface area contributed by atoms with Crippen molar-refractivity contribution in [1.82, 2.24) is 20.0 Å². The predicted octanol–water partition coefficient (Wildman–Crippen LogP) is 1.89. The first-order valence-corrected chi connectivity index (χ1v) is 7.40. The topological polar surface area (TPSA) is 58.4 Å². The largest absolute Gasteiger partial charge is 0.358 e. The third-order valence-electron chi connectivity index (χ3n) is 3.61. The maximum Gasteiger partial charge on any atom is 0.236 e. The first-order chi connectivity index (χ1) is 10.0. The van der Waals surface area contributed by atoms with Gasteiger partial charge >= 0.3 is 0 Å². The Morgan fingerprint density at radius 1 is 1.38 bits per heavy atom. The number of fused-ring (bicyclic) bond motifs is 1. The second-order valence-electron chi connectivity index (χ2n) is 5.75. The van der Waals surface area contributed by atoms with Gasteiger partial charge in [0.1, 0.15) is 5.65 Å². The molecule has 1 amide bonds. The van der Waals surface area contributed by atoms with Crippen molar-refractivity contribution in [2.75, 3.05) is 7.05 Å². The van der Waals surface area contributed by atoms with Crippen molar-refractivity contribution >= 4 is 11.6 Å². The molecule has 0 bridgehead atoms. The van der Waals surface area contributed by atoms with E-state index < -0.39 is 0 Å². The number of pyridine rings is 1. The molecule has 5 heteroatoms. The molecule has 2 aromatic heterocycles. The van der Waals surface area contributed by atoms with Crippen molar-refractivity contribution in [1.29, 1.82) is 0 Å². The van der Waals surface area contributed by atoms with Gasteiger partial charge in [0.2, 0.25) is 5.91 Å². The molecule has 21 heavy (non-hydrogen) atoms. The molecule has 0 aliphatic carbocycles. The third kappa shape index (κ3) is 3.61. The van der Waals surface area contributed by atoms with Gasteiger partial charge in [-0.05, 0) is 31.4 Å². The fourth-order valence-electron chi connectivity index (χ4n) is 2.53. The Bertz CT molecular complexity index is 618. The van der Waals surface area contributed by atoms with Crippen molar-refractivity contribution in [3.63, 3.8) is 0 Å². The van der Waals surface area contributed by atoms with Crippen molar-refractivity contribution in [2.24, 2.45) is 5.92 Å². The minimum absolute atomic E-state index is 0.0372. The summed E-state index contributed by atoms with van der Waals surface area (Å²) in [6.45, 7) is 6.87. The molecule has 0 aliphatic rings. The normalized spacial score (nSPS) is 12.8. The minimum atomic E-state index is -0.177. The van der Waals surface area contributed by atoms with Crippen LogP contribution in [0.25, 0.3) is 5.65 Å². The number of aryl methyl sites for hydroxylation is 1. The van der Waals surface area contributed by atoms with E-state index in [-0.39, 0.29) is 11.9 Å². The lowest BCUT2D eigenvalue weighted by Gasteiger charge is -2.19. The molecule has 0 radical (unpaired) electrons. The Labute approximate surface area is 125 Å². The van der Waals surface area contributed by atoms with Crippen molar-refractivity contribution in [2.45, 2.75) is 39.8 Å². The predicted molar refractivity (Wildman–Crippen MR) is 84.1 cm³/mol. The summed E-state index contributed by atoms with van der Waals surface area (Å²) < 4.78 is 2.07. The summed E-state index contributed by atoms with van der Waals surface area (Å²) in [5, 5.41) is 6.09. The van der Waals surface area contributed by atoms with Gasteiger partial charge in [-0.25, -0.2) is 4.98 Å². The van der Waals surface area contributed by atoms with Gasteiger partial charge < -0.3 is 15.0 Å². The zero-order valence-corrected chi connectivity index (χ0v) is 13.2. The third-order valence-corrected chi connectivity index (χ3v) is 3.61. The van der Waals surface area contributed by atoms with Gasteiger partial charge in [0.05, 0.1) is 17.4 Å². The monoisotopic (exact) mass is 288 g/mol. The smallest absolute Gasteiger partial charge is 0.236 e. The van der Waals surface area contributed by atoms with Crippen LogP contribution in [-0.4, -0.2) is 28.4 Å². The lowest BCUT2D eigenvalue weighted by molar-refractivity contribution is -0.123. The van der Waals surface area contributed by atoms with Crippen LogP contribution in [0, 0.1) is 12.8 Å². The lowest BCUT2D eigenvalue weighted by Crippen LogP contribution is -2.43. The fourth-order valence-corrected chi connectivity index (χ4v) is 2.53. The molecule has 5 nitrogen and oxygen atoms in total. The van der Waals surface area contributed by atoms with Crippen LogP contribution >= 0.6 is 0 Å². The van der Waals surface area contributed by atoms with Gasteiger partial charge in [0.25, 0.3) is 0 Å². The van der Waals surface area contributed by atoms with Crippen molar-refractivity contribution in [3.8, 4) is 0 Å². The molecule has 2 N–H and O–H groups in total. The number of hydrogen-bond acceptors (Lipinski definition) is 3. The number of carbonyl (C=O) groups is 1. The number of nitrogens with zero attached hydrogens (tertiary/aromatic N) is 2. The molecule has 2 heterocycles. The summed E-state index contributed by atoms with van der Waals surface area (Å²) in [7, 11) is 1.68. The van der Waals surface area contributed by atoms with E-state index in [2.05, 4.69) is 33.9 Å². The fraction of sp³-hybridized carbons (Fsp3) is 0.500. The standard InChI is InChI=1S/C16H24N4O/c1-11(2)9-13(16(21)17-4)18-10-14-12(3)19-15-7-5-6-8-20(14)15/h5-8,11,13,18H,9-10H2,1-4H3,(H,17,21). The number of carbonyl (C=O) groups excluding carboxylic acids is 1. The second kappa shape index (κ2) is 6.72. The highest BCUT2D eigenvalue weighted by molar-refractivity contribution is 5.81. The highest BCUT2D eigenvalue weighted by Gasteiger charge is 2.19. The number of amides is 1. The molecule has 0 saturated heterocycles. The quantitative estimate of drug-likeness (QED) is 0.853. The van der Waals surface area contributed by atoms with Crippen LogP contribution in [0.1, 0.15) is 31.7 Å². The van der Waals surface area contributed by atoms with E-state index >= 15 is 0 Å². The van der Waals surface area contributed by atoms with E-state index in [1.807, 2.05) is 31.3 Å². The maximum atomic E-state index is 12.0. The molecule has 0 spiro atoms. The molecule has 0 aromatic carbocycles. The highest BCUT2D eigenvalue weighted by atomic mass is 16.2. The molecule has 2 aromatic rings. The Kier molecular flexibility index (Phi) is 4.96. The summed E-state index contributed by atoms with van der Waals surface area (Å²) in [4.78, 5) is 16.5. The molecular weight excluding hydrogens is 264 g/mol. The Morgan fingerprint density at radius 3 is 2.81 bits per heavy atom. The number of likely N-dealkylation sites (N-methyl/N-ethyl adjacent to an activating group) is 1. The molecule has 0 fully saturated rings. The number of nitrogens with one attached hydrogen (secondary N) is 2. The Hall–Kier alpha value is -1.88. The summed E-state index contributed by atoms with van der Waals surface area (Å²) in [5.41, 5.74) is 3.03.